The van der Waals surface area contributed by atoms with Crippen molar-refractivity contribution in [1.29, 1.82) is 0 Å². The third kappa shape index (κ3) is 7.08. The van der Waals surface area contributed by atoms with Gasteiger partial charge in [0, 0.05) is 59.4 Å². The van der Waals surface area contributed by atoms with E-state index in [4.69, 9.17) is 9.47 Å². The van der Waals surface area contributed by atoms with Crippen LogP contribution >= 0.6 is 24.0 Å². The molecule has 28 heavy (non-hydrogen) atoms. The van der Waals surface area contributed by atoms with Crippen LogP contribution in [-0.2, 0) is 17.6 Å². The highest BCUT2D eigenvalue weighted by Crippen LogP contribution is 2.25. The van der Waals surface area contributed by atoms with Crippen LogP contribution in [0, 0.1) is 0 Å². The van der Waals surface area contributed by atoms with Crippen molar-refractivity contribution in [2.75, 3.05) is 53.6 Å². The average molecular weight is 502 g/mol. The van der Waals surface area contributed by atoms with Gasteiger partial charge >= 0.3 is 0 Å². The Morgan fingerprint density at radius 2 is 2.14 bits per heavy atom. The Balaban J connectivity index is 0.00000280. The normalized spacial score (nSPS) is 17.6. The third-order valence-corrected chi connectivity index (χ3v) is 5.43. The summed E-state index contributed by atoms with van der Waals surface area (Å²) in [5, 5.41) is 7.05. The summed E-state index contributed by atoms with van der Waals surface area (Å²) >= 11 is 0. The summed E-state index contributed by atoms with van der Waals surface area (Å²) in [7, 11) is 3.62. The van der Waals surface area contributed by atoms with Gasteiger partial charge in [-0.2, -0.15) is 0 Å². The number of halogens is 1. The molecule has 0 aliphatic carbocycles. The molecule has 6 nitrogen and oxygen atoms in total. The zero-order valence-corrected chi connectivity index (χ0v) is 19.5. The minimum atomic E-state index is 0. The second kappa shape index (κ2) is 12.5. The summed E-state index contributed by atoms with van der Waals surface area (Å²) in [4.78, 5) is 6.93. The predicted octanol–water partition coefficient (Wildman–Crippen LogP) is 2.45. The van der Waals surface area contributed by atoms with Crippen molar-refractivity contribution in [1.82, 2.24) is 15.5 Å². The summed E-state index contributed by atoms with van der Waals surface area (Å²) in [5.74, 6) is 1.97. The summed E-state index contributed by atoms with van der Waals surface area (Å²) in [6, 6.07) is 7.05. The molecular formula is C21H35IN4O2. The number of hydrogen-bond donors (Lipinski definition) is 2. The first-order chi connectivity index (χ1) is 13.3. The van der Waals surface area contributed by atoms with E-state index in [9.17, 15) is 0 Å². The lowest BCUT2D eigenvalue weighted by atomic mass is 10.0. The fourth-order valence-corrected chi connectivity index (χ4v) is 3.84. The van der Waals surface area contributed by atoms with E-state index in [0.29, 0.717) is 6.04 Å². The number of nitrogens with one attached hydrogen (secondary N) is 2. The van der Waals surface area contributed by atoms with Crippen LogP contribution in [0.4, 0.5) is 0 Å². The van der Waals surface area contributed by atoms with Crippen molar-refractivity contribution >= 4 is 29.9 Å². The minimum absolute atomic E-state index is 0. The van der Waals surface area contributed by atoms with Gasteiger partial charge in [0.2, 0.25) is 0 Å². The van der Waals surface area contributed by atoms with E-state index in [1.807, 2.05) is 7.05 Å². The molecule has 2 N–H and O–H groups in total. The van der Waals surface area contributed by atoms with Crippen LogP contribution in [-0.4, -0.2) is 70.5 Å². The molecule has 1 aromatic rings. The molecule has 0 radical (unpaired) electrons. The summed E-state index contributed by atoms with van der Waals surface area (Å²) in [5.41, 5.74) is 2.69. The third-order valence-electron chi connectivity index (χ3n) is 5.43. The number of hydrogen-bond acceptors (Lipinski definition) is 4. The Bertz CT molecular complexity index is 618. The van der Waals surface area contributed by atoms with E-state index in [1.165, 1.54) is 24.0 Å². The fraction of sp³-hybridized carbons (Fsp3) is 0.667. The second-order valence-corrected chi connectivity index (χ2v) is 7.40. The molecule has 0 spiro atoms. The van der Waals surface area contributed by atoms with E-state index in [-0.39, 0.29) is 24.0 Å². The van der Waals surface area contributed by atoms with Crippen LogP contribution in [0.25, 0.3) is 0 Å². The monoisotopic (exact) mass is 502 g/mol. The highest BCUT2D eigenvalue weighted by Gasteiger charge is 2.19. The van der Waals surface area contributed by atoms with E-state index in [2.05, 4.69) is 38.7 Å². The van der Waals surface area contributed by atoms with Crippen LogP contribution in [0.5, 0.6) is 5.75 Å². The topological polar surface area (TPSA) is 58.1 Å². The first kappa shape index (κ1) is 23.2. The average Bonchev–Trinajstić information content (AvgIpc) is 3.16. The van der Waals surface area contributed by atoms with Crippen LogP contribution in [0.1, 0.15) is 30.4 Å². The number of guanidine groups is 1. The molecule has 1 fully saturated rings. The van der Waals surface area contributed by atoms with Gasteiger partial charge in [-0.15, -0.1) is 24.0 Å². The molecule has 0 unspecified atom stereocenters. The van der Waals surface area contributed by atoms with Gasteiger partial charge < -0.3 is 25.0 Å². The fourth-order valence-electron chi connectivity index (χ4n) is 3.84. The van der Waals surface area contributed by atoms with Gasteiger partial charge in [0.25, 0.3) is 0 Å². The second-order valence-electron chi connectivity index (χ2n) is 7.40. The molecule has 0 aromatic heterocycles. The van der Waals surface area contributed by atoms with E-state index >= 15 is 0 Å². The van der Waals surface area contributed by atoms with Crippen molar-refractivity contribution in [2.45, 2.75) is 38.1 Å². The zero-order chi connectivity index (χ0) is 18.9. The maximum atomic E-state index is 5.58. The SMILES string of the molecule is CN=C(NCCc1ccc2c(c1)CCO2)NC1CCN(CCCOC)CC1.I. The molecule has 1 saturated heterocycles. The number of fused-ring (bicyclic) bond motifs is 1. The molecule has 3 rings (SSSR count). The quantitative estimate of drug-likeness (QED) is 0.248. The van der Waals surface area contributed by atoms with Gasteiger partial charge in [-0.25, -0.2) is 0 Å². The van der Waals surface area contributed by atoms with Gasteiger partial charge in [0.15, 0.2) is 5.96 Å². The molecule has 2 aliphatic rings. The van der Waals surface area contributed by atoms with Gasteiger partial charge in [-0.3, -0.25) is 4.99 Å². The van der Waals surface area contributed by atoms with Crippen molar-refractivity contribution < 1.29 is 9.47 Å². The maximum Gasteiger partial charge on any atom is 0.191 e. The molecule has 158 valence electrons. The Labute approximate surface area is 186 Å². The number of methoxy groups -OCH3 is 1. The smallest absolute Gasteiger partial charge is 0.191 e. The van der Waals surface area contributed by atoms with E-state index in [0.717, 1.165) is 70.4 Å². The predicted molar refractivity (Wildman–Crippen MR) is 125 cm³/mol. The highest BCUT2D eigenvalue weighted by molar-refractivity contribution is 14.0. The van der Waals surface area contributed by atoms with Crippen LogP contribution < -0.4 is 15.4 Å². The number of rotatable bonds is 8. The van der Waals surface area contributed by atoms with Crippen LogP contribution in [0.15, 0.2) is 23.2 Å². The first-order valence-corrected chi connectivity index (χ1v) is 10.2. The Hall–Kier alpha value is -1.06. The molecule has 0 amide bonds. The van der Waals surface area contributed by atoms with Crippen molar-refractivity contribution in [3.05, 3.63) is 29.3 Å². The van der Waals surface area contributed by atoms with Crippen LogP contribution in [0.2, 0.25) is 0 Å². The molecule has 0 saturated carbocycles. The molecule has 2 heterocycles. The summed E-state index contributed by atoms with van der Waals surface area (Å²) < 4.78 is 10.7. The number of ether oxygens (including phenoxy) is 2. The molecular weight excluding hydrogens is 467 g/mol. The number of piperidine rings is 1. The van der Waals surface area contributed by atoms with Crippen molar-refractivity contribution in [3.8, 4) is 5.75 Å². The Morgan fingerprint density at radius 3 is 2.89 bits per heavy atom. The molecule has 0 bridgehead atoms. The summed E-state index contributed by atoms with van der Waals surface area (Å²) in [6.07, 6.45) is 5.47. The van der Waals surface area contributed by atoms with E-state index < -0.39 is 0 Å². The van der Waals surface area contributed by atoms with E-state index in [1.54, 1.807) is 7.11 Å². The van der Waals surface area contributed by atoms with Crippen molar-refractivity contribution in [3.63, 3.8) is 0 Å². The van der Waals surface area contributed by atoms with Crippen LogP contribution in [0.3, 0.4) is 0 Å². The largest absolute Gasteiger partial charge is 0.493 e. The lowest BCUT2D eigenvalue weighted by Crippen LogP contribution is -2.49. The highest BCUT2D eigenvalue weighted by atomic mass is 127. The lowest BCUT2D eigenvalue weighted by Gasteiger charge is -2.33. The van der Waals surface area contributed by atoms with Gasteiger partial charge in [-0.05, 0) is 42.9 Å². The Kier molecular flexibility index (Phi) is 10.4. The number of likely N-dealkylation sites (tertiary alicyclic amines) is 1. The zero-order valence-electron chi connectivity index (χ0n) is 17.2. The maximum absolute atomic E-state index is 5.58. The molecule has 0 atom stereocenters. The standard InChI is InChI=1S/C21H34N4O2.HI/c1-22-21(24-19-7-12-25(13-8-19)11-3-14-26-2)23-10-6-17-4-5-20-18(16-17)9-15-27-20;/h4-5,16,19H,3,6-15H2,1-2H3,(H2,22,23,24);1H. The minimum Gasteiger partial charge on any atom is -0.493 e. The Morgan fingerprint density at radius 1 is 1.32 bits per heavy atom. The number of aliphatic imine (C=N–C) groups is 1. The lowest BCUT2D eigenvalue weighted by molar-refractivity contribution is 0.155. The number of benzene rings is 1. The molecule has 2 aliphatic heterocycles. The van der Waals surface area contributed by atoms with Crippen molar-refractivity contribution in [2.24, 2.45) is 4.99 Å². The summed E-state index contributed by atoms with van der Waals surface area (Å²) in [6.45, 7) is 5.99. The first-order valence-electron chi connectivity index (χ1n) is 10.2. The number of nitrogens with zero attached hydrogens (tertiary/aromatic N) is 2. The van der Waals surface area contributed by atoms with Gasteiger partial charge in [-0.1, -0.05) is 12.1 Å². The van der Waals surface area contributed by atoms with Gasteiger partial charge in [0.05, 0.1) is 6.61 Å². The molecule has 1 aromatic carbocycles. The molecule has 7 heteroatoms. The van der Waals surface area contributed by atoms with Gasteiger partial charge in [0.1, 0.15) is 5.75 Å².